The van der Waals surface area contributed by atoms with E-state index in [1.54, 1.807) is 50.2 Å². The molecule has 0 saturated heterocycles. The molecular weight excluding hydrogens is 836 g/mol. The molecule has 0 unspecified atom stereocenters. The van der Waals surface area contributed by atoms with Crippen LogP contribution in [0.4, 0.5) is 17.1 Å². The average molecular weight is 867 g/mol. The number of nitrogens with two attached hydrogens (primary N) is 1. The number of aromatic nitrogens is 2. The monoisotopic (exact) mass is 864 g/mol. The van der Waals surface area contributed by atoms with E-state index in [1.165, 1.54) is 24.5 Å². The number of hydrogen-bond acceptors (Lipinski definition) is 10. The Kier molecular flexibility index (Phi) is 14.2. The van der Waals surface area contributed by atoms with Crippen LogP contribution in [0.3, 0.4) is 0 Å². The van der Waals surface area contributed by atoms with Gasteiger partial charge in [-0.25, -0.2) is 19.2 Å². The topological polar surface area (TPSA) is 191 Å². The molecule has 6 aromatic rings. The number of anilines is 3. The number of nitrogen functional groups attached to an aromatic ring is 1. The molecule has 0 bridgehead atoms. The number of benzene rings is 4. The molecule has 0 amide bonds. The van der Waals surface area contributed by atoms with Crippen molar-refractivity contribution in [1.82, 2.24) is 9.97 Å². The van der Waals surface area contributed by atoms with Gasteiger partial charge in [0.05, 0.1) is 57.3 Å². The minimum absolute atomic E-state index is 0.0993. The Morgan fingerprint density at radius 2 is 1.19 bits per heavy atom. The fourth-order valence-corrected chi connectivity index (χ4v) is 5.75. The summed E-state index contributed by atoms with van der Waals surface area (Å²) < 4.78 is 11.7. The summed E-state index contributed by atoms with van der Waals surface area (Å²) in [5, 5.41) is 22.8. The number of esters is 2. The van der Waals surface area contributed by atoms with Crippen molar-refractivity contribution < 1.29 is 38.9 Å². The molecule has 15 heteroatoms. The molecule has 0 atom stereocenters. The third kappa shape index (κ3) is 10.3. The number of halogens is 3. The van der Waals surface area contributed by atoms with E-state index < -0.39 is 23.9 Å². The van der Waals surface area contributed by atoms with Crippen LogP contribution in [0.15, 0.2) is 106 Å². The van der Waals surface area contributed by atoms with Gasteiger partial charge in [0, 0.05) is 37.8 Å². The lowest BCUT2D eigenvalue weighted by Crippen LogP contribution is -2.10. The SMILES string of the molecule is CCOC(=O)c1cnc2ccc(Br)cc2c1Cl.CCOC(=O)c1cnc2ccc(Br)cc2c1Nc1ccccc1C(=O)O.Nc1ccccc1C(=O)O. The highest BCUT2D eigenvalue weighted by atomic mass is 79.9. The number of hydrogen-bond donors (Lipinski definition) is 4. The van der Waals surface area contributed by atoms with E-state index in [2.05, 4.69) is 47.1 Å². The van der Waals surface area contributed by atoms with E-state index in [4.69, 9.17) is 31.9 Å². The molecule has 6 rings (SSSR count). The fourth-order valence-electron chi connectivity index (χ4n) is 4.75. The number of carboxylic acid groups (broad SMARTS) is 2. The molecule has 0 saturated carbocycles. The number of carbonyl (C=O) groups excluding carboxylic acids is 2. The summed E-state index contributed by atoms with van der Waals surface area (Å²) in [6, 6.07) is 23.9. The zero-order valence-electron chi connectivity index (χ0n) is 28.1. The summed E-state index contributed by atoms with van der Waals surface area (Å²) in [7, 11) is 0. The Morgan fingerprint density at radius 1 is 0.698 bits per heavy atom. The molecular formula is C38H31Br2ClN4O8. The number of para-hydroxylation sites is 2. The molecule has 0 fully saturated rings. The highest BCUT2D eigenvalue weighted by molar-refractivity contribution is 9.10. The van der Waals surface area contributed by atoms with Gasteiger partial charge in [0.2, 0.25) is 0 Å². The lowest BCUT2D eigenvalue weighted by molar-refractivity contribution is 0.0517. The van der Waals surface area contributed by atoms with Gasteiger partial charge in [0.15, 0.2) is 0 Å². The molecule has 272 valence electrons. The zero-order valence-corrected chi connectivity index (χ0v) is 32.0. The molecule has 0 aliphatic rings. The Morgan fingerprint density at radius 3 is 1.74 bits per heavy atom. The van der Waals surface area contributed by atoms with Crippen molar-refractivity contribution in [2.75, 3.05) is 24.3 Å². The number of ether oxygens (including phenoxy) is 2. The third-order valence-electron chi connectivity index (χ3n) is 7.19. The van der Waals surface area contributed by atoms with E-state index in [0.717, 1.165) is 19.8 Å². The number of carbonyl (C=O) groups is 4. The number of fused-ring (bicyclic) bond motifs is 2. The van der Waals surface area contributed by atoms with Crippen LogP contribution in [-0.4, -0.2) is 57.3 Å². The van der Waals surface area contributed by atoms with Crippen LogP contribution < -0.4 is 11.1 Å². The quantitative estimate of drug-likeness (QED) is 0.0839. The first-order chi connectivity index (χ1) is 25.4. The second-order valence-electron chi connectivity index (χ2n) is 10.7. The Hall–Kier alpha value is -5.57. The molecule has 0 aliphatic heterocycles. The molecule has 53 heavy (non-hydrogen) atoms. The summed E-state index contributed by atoms with van der Waals surface area (Å²) in [5.74, 6) is -3.03. The Labute approximate surface area is 325 Å². The second-order valence-corrected chi connectivity index (χ2v) is 12.9. The van der Waals surface area contributed by atoms with Crippen molar-refractivity contribution in [1.29, 1.82) is 0 Å². The van der Waals surface area contributed by atoms with E-state index in [0.29, 0.717) is 45.2 Å². The number of nitrogens with one attached hydrogen (secondary N) is 1. The Balaban J connectivity index is 0.000000198. The van der Waals surface area contributed by atoms with Gasteiger partial charge in [-0.3, -0.25) is 9.97 Å². The zero-order chi connectivity index (χ0) is 38.7. The normalized spacial score (nSPS) is 10.3. The molecule has 0 spiro atoms. The smallest absolute Gasteiger partial charge is 0.341 e. The van der Waals surface area contributed by atoms with Crippen LogP contribution in [0.1, 0.15) is 55.3 Å². The first-order valence-corrected chi connectivity index (χ1v) is 17.7. The maximum absolute atomic E-state index is 12.4. The van der Waals surface area contributed by atoms with Crippen LogP contribution in [0, 0.1) is 0 Å². The predicted octanol–water partition coefficient (Wildman–Crippen LogP) is 9.41. The predicted molar refractivity (Wildman–Crippen MR) is 210 cm³/mol. The van der Waals surface area contributed by atoms with Crippen LogP contribution in [0.25, 0.3) is 21.8 Å². The van der Waals surface area contributed by atoms with Crippen molar-refractivity contribution in [3.05, 3.63) is 134 Å². The molecule has 2 aromatic heterocycles. The van der Waals surface area contributed by atoms with Gasteiger partial charge in [-0.2, -0.15) is 0 Å². The molecule has 12 nitrogen and oxygen atoms in total. The van der Waals surface area contributed by atoms with Crippen LogP contribution in [-0.2, 0) is 9.47 Å². The fraction of sp³-hybridized carbons (Fsp3) is 0.105. The summed E-state index contributed by atoms with van der Waals surface area (Å²) in [5.41, 5.74) is 8.65. The molecule has 4 aromatic carbocycles. The average Bonchev–Trinajstić information content (AvgIpc) is 3.13. The van der Waals surface area contributed by atoms with Crippen molar-refractivity contribution in [3.8, 4) is 0 Å². The van der Waals surface area contributed by atoms with Gasteiger partial charge in [0.1, 0.15) is 5.56 Å². The van der Waals surface area contributed by atoms with Gasteiger partial charge in [-0.15, -0.1) is 0 Å². The third-order valence-corrected chi connectivity index (χ3v) is 8.59. The van der Waals surface area contributed by atoms with Gasteiger partial charge in [-0.1, -0.05) is 67.7 Å². The van der Waals surface area contributed by atoms with Crippen LogP contribution in [0.5, 0.6) is 0 Å². The van der Waals surface area contributed by atoms with E-state index in [-0.39, 0.29) is 23.3 Å². The molecule has 5 N–H and O–H groups in total. The van der Waals surface area contributed by atoms with Crippen LogP contribution in [0.2, 0.25) is 5.02 Å². The van der Waals surface area contributed by atoms with Gasteiger partial charge in [0.25, 0.3) is 0 Å². The van der Waals surface area contributed by atoms with Crippen molar-refractivity contribution in [2.24, 2.45) is 0 Å². The summed E-state index contributed by atoms with van der Waals surface area (Å²) in [6.07, 6.45) is 2.87. The van der Waals surface area contributed by atoms with E-state index >= 15 is 0 Å². The Bertz CT molecular complexity index is 2320. The molecule has 0 aliphatic carbocycles. The number of rotatable bonds is 8. The first kappa shape index (κ1) is 40.2. The summed E-state index contributed by atoms with van der Waals surface area (Å²) >= 11 is 13.0. The second kappa shape index (κ2) is 18.8. The number of nitrogens with zero attached hydrogens (tertiary/aromatic N) is 2. The van der Waals surface area contributed by atoms with Crippen LogP contribution >= 0.6 is 43.5 Å². The molecule has 0 radical (unpaired) electrons. The van der Waals surface area contributed by atoms with Gasteiger partial charge < -0.3 is 30.7 Å². The summed E-state index contributed by atoms with van der Waals surface area (Å²) in [4.78, 5) is 54.3. The van der Waals surface area contributed by atoms with Crippen molar-refractivity contribution in [3.63, 3.8) is 0 Å². The standard InChI is InChI=1S/C19H15BrN2O4.C12H9BrClNO2.C7H7NO2/c1-2-26-19(25)14-10-21-15-8-7-11(20)9-13(15)17(14)22-16-6-4-3-5-12(16)18(23)24;1-2-17-12(16)9-6-15-10-4-3-7(13)5-8(10)11(9)14;8-6-4-2-1-3-5(6)7(9)10/h3-10H,2H2,1H3,(H,21,22)(H,23,24);3-6H,2H2,1H3;1-4H,8H2,(H,9,10). The minimum Gasteiger partial charge on any atom is -0.478 e. The number of carboxylic acids is 2. The minimum atomic E-state index is -1.06. The summed E-state index contributed by atoms with van der Waals surface area (Å²) in [6.45, 7) is 4.00. The first-order valence-electron chi connectivity index (χ1n) is 15.7. The van der Waals surface area contributed by atoms with Crippen molar-refractivity contribution in [2.45, 2.75) is 13.8 Å². The lowest BCUT2D eigenvalue weighted by atomic mass is 10.1. The lowest BCUT2D eigenvalue weighted by Gasteiger charge is -2.15. The van der Waals surface area contributed by atoms with Gasteiger partial charge >= 0.3 is 23.9 Å². The number of pyridine rings is 2. The number of aromatic carboxylic acids is 2. The highest BCUT2D eigenvalue weighted by Crippen LogP contribution is 2.33. The maximum atomic E-state index is 12.4. The van der Waals surface area contributed by atoms with Gasteiger partial charge in [-0.05, 0) is 74.5 Å². The van der Waals surface area contributed by atoms with Crippen molar-refractivity contribution >= 4 is 106 Å². The largest absolute Gasteiger partial charge is 0.478 e. The maximum Gasteiger partial charge on any atom is 0.341 e. The van der Waals surface area contributed by atoms with E-state index in [1.807, 2.05) is 36.4 Å². The van der Waals surface area contributed by atoms with E-state index in [9.17, 15) is 24.3 Å². The molecule has 2 heterocycles. The highest BCUT2D eigenvalue weighted by Gasteiger charge is 2.19.